The van der Waals surface area contributed by atoms with E-state index in [9.17, 15) is 28.1 Å². The summed E-state index contributed by atoms with van der Waals surface area (Å²) in [6, 6.07) is 4.90. The van der Waals surface area contributed by atoms with E-state index in [1.807, 2.05) is 0 Å². The number of alkyl halides is 3. The molecule has 0 saturated carbocycles. The molecule has 1 rings (SSSR count). The molecule has 0 heterocycles. The Kier molecular flexibility index (Phi) is 5.03. The van der Waals surface area contributed by atoms with Gasteiger partial charge in [-0.05, 0) is 5.56 Å². The molecule has 0 aliphatic heterocycles. The van der Waals surface area contributed by atoms with Crippen molar-refractivity contribution in [3.63, 3.8) is 0 Å². The van der Waals surface area contributed by atoms with Crippen LogP contribution in [0.15, 0.2) is 24.3 Å². The fourth-order valence-corrected chi connectivity index (χ4v) is 1.59. The zero-order valence-electron chi connectivity index (χ0n) is 10.1. The minimum Gasteiger partial charge on any atom is -0.480 e. The van der Waals surface area contributed by atoms with E-state index < -0.39 is 30.2 Å². The van der Waals surface area contributed by atoms with E-state index >= 15 is 0 Å². The van der Waals surface area contributed by atoms with Gasteiger partial charge in [0.05, 0.1) is 18.0 Å². The molecule has 0 aliphatic rings. The van der Waals surface area contributed by atoms with E-state index in [-0.39, 0.29) is 12.2 Å². The Bertz CT molecular complexity index is 487. The van der Waals surface area contributed by atoms with Gasteiger partial charge in [0.2, 0.25) is 0 Å². The van der Waals surface area contributed by atoms with Gasteiger partial charge >= 0.3 is 12.1 Å². The number of carboxylic acid groups (broad SMARTS) is 1. The van der Waals surface area contributed by atoms with Crippen LogP contribution in [0.4, 0.5) is 18.9 Å². The first-order valence-electron chi connectivity index (χ1n) is 5.41. The van der Waals surface area contributed by atoms with Crippen LogP contribution in [-0.4, -0.2) is 40.2 Å². The quantitative estimate of drug-likeness (QED) is 0.640. The van der Waals surface area contributed by atoms with Crippen LogP contribution in [0.1, 0.15) is 5.56 Å². The van der Waals surface area contributed by atoms with Crippen LogP contribution in [0.2, 0.25) is 0 Å². The number of nitrogens with zero attached hydrogens (tertiary/aromatic N) is 2. The molecule has 0 atom stereocenters. The molecule has 6 nitrogen and oxygen atoms in total. The molecule has 0 saturated heterocycles. The monoisotopic (exact) mass is 292 g/mol. The molecular weight excluding hydrogens is 281 g/mol. The normalized spacial score (nSPS) is 11.6. The van der Waals surface area contributed by atoms with Gasteiger partial charge in [-0.2, -0.15) is 13.2 Å². The van der Waals surface area contributed by atoms with E-state index in [4.69, 9.17) is 5.11 Å². The fourth-order valence-electron chi connectivity index (χ4n) is 1.59. The number of rotatable bonds is 6. The maximum absolute atomic E-state index is 12.3. The molecule has 1 aromatic carbocycles. The molecule has 0 radical (unpaired) electrons. The lowest BCUT2D eigenvalue weighted by Crippen LogP contribution is -2.37. The highest BCUT2D eigenvalue weighted by molar-refractivity contribution is 5.69. The number of aliphatic carboxylic acids is 1. The third-order valence-electron chi connectivity index (χ3n) is 2.32. The van der Waals surface area contributed by atoms with Crippen molar-refractivity contribution in [3.05, 3.63) is 39.9 Å². The highest BCUT2D eigenvalue weighted by atomic mass is 19.4. The van der Waals surface area contributed by atoms with Crippen molar-refractivity contribution in [1.29, 1.82) is 0 Å². The summed E-state index contributed by atoms with van der Waals surface area (Å²) in [6.07, 6.45) is -4.52. The van der Waals surface area contributed by atoms with Crippen LogP contribution < -0.4 is 0 Å². The van der Waals surface area contributed by atoms with Crippen LogP contribution >= 0.6 is 0 Å². The maximum Gasteiger partial charge on any atom is 0.401 e. The van der Waals surface area contributed by atoms with Gasteiger partial charge in [0.25, 0.3) is 5.69 Å². The number of nitro groups is 1. The third-order valence-corrected chi connectivity index (χ3v) is 2.32. The Hall–Kier alpha value is -2.16. The first-order chi connectivity index (χ1) is 9.17. The van der Waals surface area contributed by atoms with Crippen LogP contribution in [0.25, 0.3) is 0 Å². The fraction of sp³-hybridized carbons (Fsp3) is 0.364. The van der Waals surface area contributed by atoms with Gasteiger partial charge in [0, 0.05) is 18.7 Å². The predicted octanol–water partition coefficient (Wildman–Crippen LogP) is 2.04. The Morgan fingerprint density at radius 3 is 2.25 bits per heavy atom. The van der Waals surface area contributed by atoms with E-state index in [1.165, 1.54) is 12.1 Å². The van der Waals surface area contributed by atoms with Crippen molar-refractivity contribution >= 4 is 11.7 Å². The largest absolute Gasteiger partial charge is 0.480 e. The van der Waals surface area contributed by atoms with Crippen molar-refractivity contribution in [2.45, 2.75) is 12.7 Å². The summed E-state index contributed by atoms with van der Waals surface area (Å²) in [5.41, 5.74) is 0.176. The summed E-state index contributed by atoms with van der Waals surface area (Å²) in [5, 5.41) is 19.0. The Labute approximate surface area is 111 Å². The van der Waals surface area contributed by atoms with Crippen LogP contribution in [0, 0.1) is 10.1 Å². The number of non-ortho nitro benzene ring substituents is 1. The minimum absolute atomic E-state index is 0.186. The minimum atomic E-state index is -4.52. The summed E-state index contributed by atoms with van der Waals surface area (Å²) < 4.78 is 36.9. The van der Waals surface area contributed by atoms with Crippen molar-refractivity contribution in [1.82, 2.24) is 4.90 Å². The van der Waals surface area contributed by atoms with Gasteiger partial charge in [0.1, 0.15) is 0 Å². The van der Waals surface area contributed by atoms with Crippen molar-refractivity contribution in [2.24, 2.45) is 0 Å². The highest BCUT2D eigenvalue weighted by Crippen LogP contribution is 2.19. The lowest BCUT2D eigenvalue weighted by atomic mass is 10.2. The molecule has 0 aromatic heterocycles. The molecule has 0 amide bonds. The summed E-state index contributed by atoms with van der Waals surface area (Å²) in [4.78, 5) is 21.0. The number of carboxylic acids is 1. The number of benzene rings is 1. The zero-order valence-corrected chi connectivity index (χ0v) is 10.1. The SMILES string of the molecule is O=C(O)CN(Cc1ccc([N+](=O)[O-])cc1)CC(F)(F)F. The lowest BCUT2D eigenvalue weighted by molar-refractivity contribution is -0.384. The molecule has 20 heavy (non-hydrogen) atoms. The molecule has 1 aromatic rings. The van der Waals surface area contributed by atoms with E-state index in [2.05, 4.69) is 0 Å². The smallest absolute Gasteiger partial charge is 0.401 e. The number of halogens is 3. The second-order valence-corrected chi connectivity index (χ2v) is 4.08. The Balaban J connectivity index is 2.78. The zero-order chi connectivity index (χ0) is 15.3. The van der Waals surface area contributed by atoms with E-state index in [1.54, 1.807) is 0 Å². The third kappa shape index (κ3) is 5.65. The second-order valence-electron chi connectivity index (χ2n) is 4.08. The van der Waals surface area contributed by atoms with Gasteiger partial charge in [0.15, 0.2) is 0 Å². The molecule has 0 bridgehead atoms. The summed E-state index contributed by atoms with van der Waals surface area (Å²) in [5.74, 6) is -1.38. The topological polar surface area (TPSA) is 83.7 Å². The van der Waals surface area contributed by atoms with Gasteiger partial charge in [-0.15, -0.1) is 0 Å². The summed E-state index contributed by atoms with van der Waals surface area (Å²) >= 11 is 0. The first-order valence-corrected chi connectivity index (χ1v) is 5.41. The average molecular weight is 292 g/mol. The van der Waals surface area contributed by atoms with E-state index in [0.29, 0.717) is 10.5 Å². The molecule has 0 spiro atoms. The standard InChI is InChI=1S/C11H11F3N2O4/c12-11(13,14)7-15(6-10(17)18)5-8-1-3-9(4-2-8)16(19)20/h1-4H,5-7H2,(H,17,18). The molecule has 1 N–H and O–H groups in total. The number of carbonyl (C=O) groups is 1. The van der Waals surface area contributed by atoms with Gasteiger partial charge in [-0.3, -0.25) is 19.8 Å². The Morgan fingerprint density at radius 1 is 1.30 bits per heavy atom. The van der Waals surface area contributed by atoms with Gasteiger partial charge < -0.3 is 5.11 Å². The average Bonchev–Trinajstić information content (AvgIpc) is 2.26. The predicted molar refractivity (Wildman–Crippen MR) is 62.1 cm³/mol. The van der Waals surface area contributed by atoms with Gasteiger partial charge in [-0.25, -0.2) is 0 Å². The first kappa shape index (κ1) is 15.9. The van der Waals surface area contributed by atoms with Crippen LogP contribution in [-0.2, 0) is 11.3 Å². The summed E-state index contributed by atoms with van der Waals surface area (Å²) in [6.45, 7) is -2.39. The number of hydrogen-bond acceptors (Lipinski definition) is 4. The summed E-state index contributed by atoms with van der Waals surface area (Å²) in [7, 11) is 0. The molecule has 0 unspecified atom stereocenters. The van der Waals surface area contributed by atoms with Gasteiger partial charge in [-0.1, -0.05) is 12.1 Å². The molecule has 110 valence electrons. The molecule has 0 aliphatic carbocycles. The lowest BCUT2D eigenvalue weighted by Gasteiger charge is -2.21. The molecule has 0 fully saturated rings. The van der Waals surface area contributed by atoms with E-state index in [0.717, 1.165) is 12.1 Å². The maximum atomic E-state index is 12.3. The molecule has 9 heteroatoms. The number of nitro benzene ring substituents is 1. The van der Waals surface area contributed by atoms with Crippen molar-refractivity contribution < 1.29 is 28.0 Å². The van der Waals surface area contributed by atoms with Crippen molar-refractivity contribution in [3.8, 4) is 0 Å². The van der Waals surface area contributed by atoms with Crippen molar-refractivity contribution in [2.75, 3.05) is 13.1 Å². The Morgan fingerprint density at radius 2 is 1.85 bits per heavy atom. The second kappa shape index (κ2) is 6.33. The highest BCUT2D eigenvalue weighted by Gasteiger charge is 2.31. The molecular formula is C11H11F3N2O4. The van der Waals surface area contributed by atoms with Crippen LogP contribution in [0.3, 0.4) is 0 Å². The number of hydrogen-bond donors (Lipinski definition) is 1. The van der Waals surface area contributed by atoms with Crippen LogP contribution in [0.5, 0.6) is 0 Å².